The van der Waals surface area contributed by atoms with E-state index >= 15 is 0 Å². The highest BCUT2D eigenvalue weighted by molar-refractivity contribution is 5.76. The Morgan fingerprint density at radius 1 is 1.53 bits per heavy atom. The molecule has 0 radical (unpaired) electrons. The molecule has 2 rings (SSSR count). The fraction of sp³-hybridized carbons (Fsp3) is 0.500. The molecule has 0 spiro atoms. The number of halogens is 1. The van der Waals surface area contributed by atoms with Crippen LogP contribution in [0.2, 0.25) is 0 Å². The van der Waals surface area contributed by atoms with Crippen LogP contribution >= 0.6 is 0 Å². The summed E-state index contributed by atoms with van der Waals surface area (Å²) in [6.45, 7) is 2.05. The number of hydrogen-bond donors (Lipinski definition) is 1. The Morgan fingerprint density at radius 2 is 2.29 bits per heavy atom. The number of aryl methyl sites for hydroxylation is 1. The van der Waals surface area contributed by atoms with E-state index in [9.17, 15) is 9.18 Å². The third-order valence-electron chi connectivity index (χ3n) is 3.25. The van der Waals surface area contributed by atoms with Crippen molar-refractivity contribution in [3.05, 3.63) is 35.6 Å². The second-order valence-corrected chi connectivity index (χ2v) is 4.82. The van der Waals surface area contributed by atoms with Gasteiger partial charge in [0.15, 0.2) is 0 Å². The van der Waals surface area contributed by atoms with Crippen molar-refractivity contribution < 1.29 is 9.18 Å². The lowest BCUT2D eigenvalue weighted by Gasteiger charge is -2.12. The molecule has 0 bridgehead atoms. The molecule has 1 aliphatic rings. The highest BCUT2D eigenvalue weighted by Gasteiger charge is 2.28. The van der Waals surface area contributed by atoms with Crippen LogP contribution in [0, 0.1) is 11.7 Å². The van der Waals surface area contributed by atoms with Gasteiger partial charge in [0, 0.05) is 12.5 Å². The number of benzene rings is 1. The highest BCUT2D eigenvalue weighted by atomic mass is 19.1. The van der Waals surface area contributed by atoms with E-state index in [1.165, 1.54) is 25.0 Å². The normalized spacial score (nSPS) is 16.6. The Bertz CT molecular complexity index is 401. The van der Waals surface area contributed by atoms with Crippen LogP contribution in [0.3, 0.4) is 0 Å². The Kier molecular flexibility index (Phi) is 3.77. The lowest BCUT2D eigenvalue weighted by atomic mass is 10.1. The quantitative estimate of drug-likeness (QED) is 0.835. The molecule has 17 heavy (non-hydrogen) atoms. The number of amides is 1. The van der Waals surface area contributed by atoms with Crippen LogP contribution in [0.5, 0.6) is 0 Å². The maximum atomic E-state index is 12.9. The van der Waals surface area contributed by atoms with Crippen molar-refractivity contribution in [2.75, 3.05) is 0 Å². The van der Waals surface area contributed by atoms with Crippen LogP contribution < -0.4 is 5.32 Å². The molecule has 1 N–H and O–H groups in total. The van der Waals surface area contributed by atoms with Gasteiger partial charge < -0.3 is 5.32 Å². The topological polar surface area (TPSA) is 29.1 Å². The first-order chi connectivity index (χ1) is 8.15. The Morgan fingerprint density at radius 3 is 2.94 bits per heavy atom. The van der Waals surface area contributed by atoms with Gasteiger partial charge in [0.2, 0.25) is 5.91 Å². The summed E-state index contributed by atoms with van der Waals surface area (Å²) in [6.07, 6.45) is 3.48. The zero-order valence-corrected chi connectivity index (χ0v) is 10.1. The van der Waals surface area contributed by atoms with Crippen LogP contribution in [-0.4, -0.2) is 11.9 Å². The zero-order chi connectivity index (χ0) is 12.3. The number of carbonyl (C=O) groups is 1. The second-order valence-electron chi connectivity index (χ2n) is 4.82. The SMILES string of the molecule is CC(NC(=O)CCc1cccc(F)c1)C1CC1. The Labute approximate surface area is 101 Å². The standard InChI is InChI=1S/C14H18FNO/c1-10(12-6-7-12)16-14(17)8-5-11-3-2-4-13(15)9-11/h2-4,9-10,12H,5-8H2,1H3,(H,16,17). The van der Waals surface area contributed by atoms with Gasteiger partial charge in [-0.3, -0.25) is 4.79 Å². The summed E-state index contributed by atoms with van der Waals surface area (Å²) in [5, 5.41) is 2.99. The highest BCUT2D eigenvalue weighted by Crippen LogP contribution is 2.32. The maximum Gasteiger partial charge on any atom is 0.220 e. The zero-order valence-electron chi connectivity index (χ0n) is 10.1. The minimum absolute atomic E-state index is 0.0636. The first kappa shape index (κ1) is 12.1. The monoisotopic (exact) mass is 235 g/mol. The van der Waals surface area contributed by atoms with E-state index in [0.29, 0.717) is 18.8 Å². The summed E-state index contributed by atoms with van der Waals surface area (Å²) in [4.78, 5) is 11.6. The average molecular weight is 235 g/mol. The molecule has 1 saturated carbocycles. The van der Waals surface area contributed by atoms with Gasteiger partial charge in [0.1, 0.15) is 5.82 Å². The summed E-state index contributed by atoms with van der Waals surface area (Å²) in [7, 11) is 0. The molecule has 92 valence electrons. The van der Waals surface area contributed by atoms with Crippen molar-refractivity contribution in [3.63, 3.8) is 0 Å². The van der Waals surface area contributed by atoms with Crippen LogP contribution in [0.15, 0.2) is 24.3 Å². The van der Waals surface area contributed by atoms with Crippen LogP contribution in [0.1, 0.15) is 31.7 Å². The summed E-state index contributed by atoms with van der Waals surface area (Å²) in [6, 6.07) is 6.71. The number of hydrogen-bond acceptors (Lipinski definition) is 1. The molecule has 0 aromatic heterocycles. The van der Waals surface area contributed by atoms with Crippen molar-refractivity contribution in [1.82, 2.24) is 5.32 Å². The van der Waals surface area contributed by atoms with E-state index in [1.54, 1.807) is 6.07 Å². The lowest BCUT2D eigenvalue weighted by Crippen LogP contribution is -2.34. The van der Waals surface area contributed by atoms with Gasteiger partial charge >= 0.3 is 0 Å². The predicted molar refractivity (Wildman–Crippen MR) is 65.0 cm³/mol. The van der Waals surface area contributed by atoms with Gasteiger partial charge in [-0.2, -0.15) is 0 Å². The summed E-state index contributed by atoms with van der Waals surface area (Å²) >= 11 is 0. The molecule has 3 heteroatoms. The van der Waals surface area contributed by atoms with Gasteiger partial charge in [-0.05, 0) is 49.8 Å². The molecule has 2 nitrogen and oxygen atoms in total. The van der Waals surface area contributed by atoms with Crippen LogP contribution in [0.4, 0.5) is 4.39 Å². The first-order valence-corrected chi connectivity index (χ1v) is 6.19. The minimum atomic E-state index is -0.241. The van der Waals surface area contributed by atoms with Gasteiger partial charge in [-0.1, -0.05) is 12.1 Å². The van der Waals surface area contributed by atoms with E-state index in [4.69, 9.17) is 0 Å². The van der Waals surface area contributed by atoms with Crippen molar-refractivity contribution in [3.8, 4) is 0 Å². The van der Waals surface area contributed by atoms with E-state index in [-0.39, 0.29) is 17.8 Å². The van der Waals surface area contributed by atoms with Crippen LogP contribution in [0.25, 0.3) is 0 Å². The van der Waals surface area contributed by atoms with Crippen molar-refractivity contribution in [1.29, 1.82) is 0 Å². The molecule has 0 heterocycles. The van der Waals surface area contributed by atoms with Gasteiger partial charge in [0.25, 0.3) is 0 Å². The molecule has 1 amide bonds. The summed E-state index contributed by atoms with van der Waals surface area (Å²) in [5.74, 6) is 0.496. The third kappa shape index (κ3) is 3.84. The van der Waals surface area contributed by atoms with E-state index < -0.39 is 0 Å². The smallest absolute Gasteiger partial charge is 0.220 e. The lowest BCUT2D eigenvalue weighted by molar-refractivity contribution is -0.121. The molecule has 1 aromatic carbocycles. The van der Waals surface area contributed by atoms with Crippen molar-refractivity contribution in [2.45, 2.75) is 38.6 Å². The van der Waals surface area contributed by atoms with Gasteiger partial charge in [-0.15, -0.1) is 0 Å². The third-order valence-corrected chi connectivity index (χ3v) is 3.25. The molecule has 0 aliphatic heterocycles. The largest absolute Gasteiger partial charge is 0.353 e. The first-order valence-electron chi connectivity index (χ1n) is 6.19. The van der Waals surface area contributed by atoms with Gasteiger partial charge in [0.05, 0.1) is 0 Å². The Hall–Kier alpha value is -1.38. The molecule has 1 aromatic rings. The Balaban J connectivity index is 1.75. The number of rotatable bonds is 5. The molecule has 1 atom stereocenters. The van der Waals surface area contributed by atoms with E-state index in [0.717, 1.165) is 5.56 Å². The summed E-state index contributed by atoms with van der Waals surface area (Å²) in [5.41, 5.74) is 0.874. The fourth-order valence-corrected chi connectivity index (χ4v) is 1.99. The minimum Gasteiger partial charge on any atom is -0.353 e. The summed E-state index contributed by atoms with van der Waals surface area (Å²) < 4.78 is 12.9. The molecule has 1 aliphatic carbocycles. The molecular weight excluding hydrogens is 217 g/mol. The predicted octanol–water partition coefficient (Wildman–Crippen LogP) is 2.67. The van der Waals surface area contributed by atoms with Crippen LogP contribution in [-0.2, 0) is 11.2 Å². The van der Waals surface area contributed by atoms with E-state index in [1.807, 2.05) is 6.07 Å². The molecule has 1 unspecified atom stereocenters. The average Bonchev–Trinajstić information content (AvgIpc) is 3.10. The maximum absolute atomic E-state index is 12.9. The number of nitrogens with one attached hydrogen (secondary N) is 1. The molecular formula is C14H18FNO. The van der Waals surface area contributed by atoms with Crippen molar-refractivity contribution >= 4 is 5.91 Å². The fourth-order valence-electron chi connectivity index (χ4n) is 1.99. The van der Waals surface area contributed by atoms with Gasteiger partial charge in [-0.25, -0.2) is 4.39 Å². The molecule has 1 fully saturated rings. The second kappa shape index (κ2) is 5.30. The molecule has 0 saturated heterocycles. The van der Waals surface area contributed by atoms with Crippen molar-refractivity contribution in [2.24, 2.45) is 5.92 Å². The number of carbonyl (C=O) groups excluding carboxylic acids is 1. The van der Waals surface area contributed by atoms with E-state index in [2.05, 4.69) is 12.2 Å².